The van der Waals surface area contributed by atoms with Crippen LogP contribution >= 0.6 is 34.8 Å². The standard InChI is InChI=1S/C9H6Cl3FO2/c10-9(11,12)5-15-8(14)6-3-1-2-4-7(6)13/h1-4H,5H2. The van der Waals surface area contributed by atoms with E-state index in [1.54, 1.807) is 0 Å². The number of hydrogen-bond acceptors (Lipinski definition) is 2. The molecule has 0 fully saturated rings. The molecule has 1 aromatic carbocycles. The van der Waals surface area contributed by atoms with Crippen molar-refractivity contribution >= 4 is 40.8 Å². The molecule has 0 spiro atoms. The zero-order valence-electron chi connectivity index (χ0n) is 7.34. The molecule has 0 aliphatic heterocycles. The number of ether oxygens (including phenoxy) is 1. The van der Waals surface area contributed by atoms with Crippen LogP contribution in [0.4, 0.5) is 4.39 Å². The van der Waals surface area contributed by atoms with Crippen LogP contribution in [0.3, 0.4) is 0 Å². The van der Waals surface area contributed by atoms with Crippen molar-refractivity contribution in [3.63, 3.8) is 0 Å². The average Bonchev–Trinajstić information content (AvgIpc) is 2.14. The van der Waals surface area contributed by atoms with Crippen molar-refractivity contribution in [3.05, 3.63) is 35.6 Å². The van der Waals surface area contributed by atoms with Gasteiger partial charge in [-0.05, 0) is 12.1 Å². The molecule has 0 saturated carbocycles. The average molecular weight is 272 g/mol. The maximum absolute atomic E-state index is 13.1. The first-order valence-corrected chi connectivity index (χ1v) is 5.02. The van der Waals surface area contributed by atoms with E-state index in [2.05, 4.69) is 4.74 Å². The molecular weight excluding hydrogens is 265 g/mol. The first-order valence-electron chi connectivity index (χ1n) is 3.88. The second-order valence-corrected chi connectivity index (χ2v) is 5.19. The van der Waals surface area contributed by atoms with Crippen LogP contribution in [0.5, 0.6) is 0 Å². The number of hydrogen-bond donors (Lipinski definition) is 0. The van der Waals surface area contributed by atoms with Gasteiger partial charge in [-0.1, -0.05) is 46.9 Å². The second-order valence-electron chi connectivity index (χ2n) is 2.67. The summed E-state index contributed by atoms with van der Waals surface area (Å²) in [5.41, 5.74) is -0.188. The van der Waals surface area contributed by atoms with Crippen LogP contribution in [0.2, 0.25) is 0 Å². The molecular formula is C9H6Cl3FO2. The van der Waals surface area contributed by atoms with Crippen molar-refractivity contribution in [3.8, 4) is 0 Å². The minimum Gasteiger partial charge on any atom is -0.457 e. The number of halogens is 4. The SMILES string of the molecule is O=C(OCC(Cl)(Cl)Cl)c1ccccc1F. The lowest BCUT2D eigenvalue weighted by atomic mass is 10.2. The van der Waals surface area contributed by atoms with Gasteiger partial charge < -0.3 is 4.74 Å². The molecule has 0 aromatic heterocycles. The fraction of sp³-hybridized carbons (Fsp3) is 0.222. The number of carbonyl (C=O) groups excluding carboxylic acids is 1. The molecule has 0 heterocycles. The van der Waals surface area contributed by atoms with Gasteiger partial charge in [0.15, 0.2) is 0 Å². The largest absolute Gasteiger partial charge is 0.457 e. The Kier molecular flexibility index (Phi) is 4.20. The second kappa shape index (κ2) is 5.01. The molecule has 1 aromatic rings. The molecule has 1 rings (SSSR count). The Bertz CT molecular complexity index is 363. The van der Waals surface area contributed by atoms with Gasteiger partial charge in [-0.3, -0.25) is 0 Å². The van der Waals surface area contributed by atoms with Crippen molar-refractivity contribution in [2.24, 2.45) is 0 Å². The van der Waals surface area contributed by atoms with Crippen LogP contribution in [0.15, 0.2) is 24.3 Å². The van der Waals surface area contributed by atoms with Crippen LogP contribution in [-0.2, 0) is 4.74 Å². The summed E-state index contributed by atoms with van der Waals surface area (Å²) in [6.45, 7) is -0.426. The summed E-state index contributed by atoms with van der Waals surface area (Å²) >= 11 is 16.1. The number of esters is 1. The van der Waals surface area contributed by atoms with Gasteiger partial charge in [0.1, 0.15) is 12.4 Å². The quantitative estimate of drug-likeness (QED) is 0.609. The van der Waals surface area contributed by atoms with Gasteiger partial charge in [-0.25, -0.2) is 9.18 Å². The van der Waals surface area contributed by atoms with Crippen LogP contribution < -0.4 is 0 Å². The Morgan fingerprint density at radius 2 is 1.93 bits per heavy atom. The molecule has 0 aliphatic rings. The summed E-state index contributed by atoms with van der Waals surface area (Å²) in [7, 11) is 0. The van der Waals surface area contributed by atoms with E-state index in [0.717, 1.165) is 6.07 Å². The molecule has 6 heteroatoms. The highest BCUT2D eigenvalue weighted by Crippen LogP contribution is 2.26. The van der Waals surface area contributed by atoms with Crippen LogP contribution in [0.25, 0.3) is 0 Å². The van der Waals surface area contributed by atoms with Gasteiger partial charge in [-0.15, -0.1) is 0 Å². The molecule has 15 heavy (non-hydrogen) atoms. The summed E-state index contributed by atoms with van der Waals surface area (Å²) in [5, 5.41) is 0. The molecule has 0 unspecified atom stereocenters. The molecule has 0 radical (unpaired) electrons. The van der Waals surface area contributed by atoms with E-state index in [9.17, 15) is 9.18 Å². The molecule has 0 atom stereocenters. The fourth-order valence-electron chi connectivity index (χ4n) is 0.852. The monoisotopic (exact) mass is 270 g/mol. The lowest BCUT2D eigenvalue weighted by Crippen LogP contribution is -2.18. The Balaban J connectivity index is 2.66. The van der Waals surface area contributed by atoms with Crippen molar-refractivity contribution in [1.82, 2.24) is 0 Å². The summed E-state index contributed by atoms with van der Waals surface area (Å²) in [6, 6.07) is 5.40. The molecule has 0 amide bonds. The maximum Gasteiger partial charge on any atom is 0.341 e. The highest BCUT2D eigenvalue weighted by Gasteiger charge is 2.23. The minimum absolute atomic E-state index is 0.188. The zero-order valence-corrected chi connectivity index (χ0v) is 9.61. The summed E-state index contributed by atoms with van der Waals surface area (Å²) in [4.78, 5) is 11.3. The van der Waals surface area contributed by atoms with Gasteiger partial charge in [0.2, 0.25) is 3.79 Å². The Morgan fingerprint density at radius 1 is 1.33 bits per heavy atom. The smallest absolute Gasteiger partial charge is 0.341 e. The molecule has 0 saturated heterocycles. The summed E-state index contributed by atoms with van der Waals surface area (Å²) in [6.07, 6.45) is 0. The van der Waals surface area contributed by atoms with Crippen LogP contribution in [0, 0.1) is 5.82 Å². The molecule has 2 nitrogen and oxygen atoms in total. The summed E-state index contributed by atoms with van der Waals surface area (Å²) in [5.74, 6) is -1.54. The number of carbonyl (C=O) groups is 1. The first kappa shape index (κ1) is 12.6. The summed E-state index contributed by atoms with van der Waals surface area (Å²) < 4.78 is 16.0. The van der Waals surface area contributed by atoms with Crippen molar-refractivity contribution in [2.45, 2.75) is 3.79 Å². The van der Waals surface area contributed by atoms with Gasteiger partial charge in [-0.2, -0.15) is 0 Å². The van der Waals surface area contributed by atoms with E-state index in [0.29, 0.717) is 0 Å². The van der Waals surface area contributed by atoms with E-state index in [1.807, 2.05) is 0 Å². The van der Waals surface area contributed by atoms with E-state index in [4.69, 9.17) is 34.8 Å². The fourth-order valence-corrected chi connectivity index (χ4v) is 1.02. The molecule has 82 valence electrons. The molecule has 0 bridgehead atoms. The highest BCUT2D eigenvalue weighted by atomic mass is 35.6. The van der Waals surface area contributed by atoms with Crippen LogP contribution in [-0.4, -0.2) is 16.4 Å². The van der Waals surface area contributed by atoms with Crippen molar-refractivity contribution in [1.29, 1.82) is 0 Å². The maximum atomic E-state index is 13.1. The lowest BCUT2D eigenvalue weighted by molar-refractivity contribution is 0.0507. The number of rotatable bonds is 2. The topological polar surface area (TPSA) is 26.3 Å². The van der Waals surface area contributed by atoms with E-state index in [-0.39, 0.29) is 5.56 Å². The van der Waals surface area contributed by atoms with Crippen molar-refractivity contribution in [2.75, 3.05) is 6.61 Å². The predicted octanol–water partition coefficient (Wildman–Crippen LogP) is 3.35. The number of alkyl halides is 3. The predicted molar refractivity (Wildman–Crippen MR) is 57.0 cm³/mol. The molecule has 0 N–H and O–H groups in total. The van der Waals surface area contributed by atoms with E-state index in [1.165, 1.54) is 18.2 Å². The van der Waals surface area contributed by atoms with Gasteiger partial charge in [0.05, 0.1) is 5.56 Å². The van der Waals surface area contributed by atoms with Crippen molar-refractivity contribution < 1.29 is 13.9 Å². The highest BCUT2D eigenvalue weighted by molar-refractivity contribution is 6.67. The Morgan fingerprint density at radius 3 is 2.47 bits per heavy atom. The zero-order chi connectivity index (χ0) is 11.5. The lowest BCUT2D eigenvalue weighted by Gasteiger charge is -2.11. The van der Waals surface area contributed by atoms with E-state index < -0.39 is 22.2 Å². The normalized spacial score (nSPS) is 11.2. The molecule has 0 aliphatic carbocycles. The van der Waals surface area contributed by atoms with Gasteiger partial charge in [0, 0.05) is 0 Å². The Labute approximate surface area is 101 Å². The third kappa shape index (κ3) is 4.24. The van der Waals surface area contributed by atoms with Gasteiger partial charge >= 0.3 is 5.97 Å². The van der Waals surface area contributed by atoms with Crippen LogP contribution in [0.1, 0.15) is 10.4 Å². The number of benzene rings is 1. The Hall–Kier alpha value is -0.510. The third-order valence-corrected chi connectivity index (χ3v) is 1.79. The first-order chi connectivity index (χ1) is 6.90. The minimum atomic E-state index is -1.69. The third-order valence-electron chi connectivity index (χ3n) is 1.46. The van der Waals surface area contributed by atoms with E-state index >= 15 is 0 Å². The van der Waals surface area contributed by atoms with Gasteiger partial charge in [0.25, 0.3) is 0 Å².